The number of Topliss-reactive ketones (excluding diaryl/α,β-unsaturated/α-hetero) is 1. The van der Waals surface area contributed by atoms with Crippen molar-refractivity contribution in [2.45, 2.75) is 53.9 Å². The molecule has 0 radical (unpaired) electrons. The molecule has 0 aliphatic carbocycles. The van der Waals surface area contributed by atoms with Gasteiger partial charge in [0.15, 0.2) is 0 Å². The van der Waals surface area contributed by atoms with Gasteiger partial charge in [-0.15, -0.1) is 6.58 Å². The van der Waals surface area contributed by atoms with E-state index >= 15 is 0 Å². The van der Waals surface area contributed by atoms with Crippen molar-refractivity contribution < 1.29 is 4.79 Å². The maximum absolute atomic E-state index is 11.6. The highest BCUT2D eigenvalue weighted by Gasteiger charge is 2.27. The lowest BCUT2D eigenvalue weighted by Crippen LogP contribution is -2.25. The molecule has 0 fully saturated rings. The fourth-order valence-corrected chi connectivity index (χ4v) is 1.34. The number of carbonyl (C=O) groups is 1. The smallest absolute Gasteiger partial charge is 0.136 e. The van der Waals surface area contributed by atoms with Crippen molar-refractivity contribution in [3.63, 3.8) is 0 Å². The van der Waals surface area contributed by atoms with E-state index in [2.05, 4.69) is 33.4 Å². The summed E-state index contributed by atoms with van der Waals surface area (Å²) in [6, 6.07) is 0. The Morgan fingerprint density at radius 1 is 1.27 bits per heavy atom. The van der Waals surface area contributed by atoms with Crippen LogP contribution in [0.25, 0.3) is 0 Å². The molecule has 0 aromatic rings. The average molecular weight is 208 g/mol. The fraction of sp³-hybridized carbons (Fsp3) is 0.643. The number of rotatable bonds is 6. The van der Waals surface area contributed by atoms with E-state index in [9.17, 15) is 4.79 Å². The van der Waals surface area contributed by atoms with E-state index in [0.29, 0.717) is 0 Å². The minimum atomic E-state index is -0.212. The van der Waals surface area contributed by atoms with E-state index < -0.39 is 0 Å². The van der Waals surface area contributed by atoms with Crippen molar-refractivity contribution in [1.82, 2.24) is 0 Å². The summed E-state index contributed by atoms with van der Waals surface area (Å²) in [5.41, 5.74) is 2.22. The van der Waals surface area contributed by atoms with Crippen LogP contribution in [-0.2, 0) is 4.79 Å². The summed E-state index contributed by atoms with van der Waals surface area (Å²) in [4.78, 5) is 11.6. The zero-order chi connectivity index (χ0) is 12.1. The van der Waals surface area contributed by atoms with Crippen LogP contribution in [-0.4, -0.2) is 5.78 Å². The first-order valence-electron chi connectivity index (χ1n) is 5.57. The van der Waals surface area contributed by atoms with E-state index in [1.54, 1.807) is 6.92 Å². The lowest BCUT2D eigenvalue weighted by atomic mass is 9.77. The second-order valence-electron chi connectivity index (χ2n) is 5.06. The first kappa shape index (κ1) is 14.2. The van der Waals surface area contributed by atoms with Crippen molar-refractivity contribution in [2.75, 3.05) is 0 Å². The summed E-state index contributed by atoms with van der Waals surface area (Å²) in [7, 11) is 0. The highest BCUT2D eigenvalue weighted by molar-refractivity contribution is 5.82. The van der Waals surface area contributed by atoms with Crippen LogP contribution in [0.5, 0.6) is 0 Å². The summed E-state index contributed by atoms with van der Waals surface area (Å²) < 4.78 is 0. The van der Waals surface area contributed by atoms with Gasteiger partial charge in [-0.3, -0.25) is 4.79 Å². The second kappa shape index (κ2) is 5.89. The summed E-state index contributed by atoms with van der Waals surface area (Å²) in [6.07, 6.45) is 4.84. The van der Waals surface area contributed by atoms with Crippen LogP contribution in [0.4, 0.5) is 0 Å². The van der Waals surface area contributed by atoms with E-state index in [0.717, 1.165) is 24.8 Å². The molecule has 0 amide bonds. The Morgan fingerprint density at radius 3 is 2.13 bits per heavy atom. The summed E-state index contributed by atoms with van der Waals surface area (Å²) >= 11 is 0. The number of hydrogen-bond acceptors (Lipinski definition) is 1. The molecule has 0 rings (SSSR count). The molecule has 0 aromatic carbocycles. The third kappa shape index (κ3) is 5.56. The molecule has 0 aliphatic heterocycles. The van der Waals surface area contributed by atoms with Crippen LogP contribution in [0.3, 0.4) is 0 Å². The minimum absolute atomic E-state index is 0.212. The highest BCUT2D eigenvalue weighted by Crippen LogP contribution is 2.31. The summed E-state index contributed by atoms with van der Waals surface area (Å²) in [5.74, 6) is 0.279. The molecular formula is C14H24O. The third-order valence-corrected chi connectivity index (χ3v) is 2.91. The van der Waals surface area contributed by atoms with Gasteiger partial charge in [-0.25, -0.2) is 0 Å². The minimum Gasteiger partial charge on any atom is -0.299 e. The SMILES string of the molecule is C=C(C)CCC(C)(CC=C(C)C)C(C)=O. The van der Waals surface area contributed by atoms with Crippen LogP contribution in [0.2, 0.25) is 0 Å². The van der Waals surface area contributed by atoms with E-state index in [4.69, 9.17) is 0 Å². The van der Waals surface area contributed by atoms with Crippen molar-refractivity contribution in [3.05, 3.63) is 23.8 Å². The number of allylic oxidation sites excluding steroid dienone is 3. The maximum atomic E-state index is 11.6. The standard InChI is InChI=1S/C14H24O/c1-11(2)7-9-14(6,13(5)15)10-8-12(3)4/h8H,1,7,9-10H2,2-6H3. The average Bonchev–Trinajstić information content (AvgIpc) is 2.11. The molecule has 0 saturated carbocycles. The third-order valence-electron chi connectivity index (χ3n) is 2.91. The Hall–Kier alpha value is -0.850. The largest absolute Gasteiger partial charge is 0.299 e. The number of ketones is 1. The molecule has 0 N–H and O–H groups in total. The Morgan fingerprint density at radius 2 is 1.80 bits per heavy atom. The van der Waals surface area contributed by atoms with Gasteiger partial charge in [-0.2, -0.15) is 0 Å². The highest BCUT2D eigenvalue weighted by atomic mass is 16.1. The molecule has 0 saturated heterocycles. The molecule has 0 bridgehead atoms. The molecule has 0 heterocycles. The molecule has 1 heteroatoms. The van der Waals surface area contributed by atoms with Crippen LogP contribution in [0.1, 0.15) is 53.9 Å². The molecular weight excluding hydrogens is 184 g/mol. The molecule has 1 unspecified atom stereocenters. The van der Waals surface area contributed by atoms with Gasteiger partial charge in [-0.05, 0) is 47.0 Å². The van der Waals surface area contributed by atoms with Crippen molar-refractivity contribution in [3.8, 4) is 0 Å². The van der Waals surface area contributed by atoms with Crippen molar-refractivity contribution >= 4 is 5.78 Å². The van der Waals surface area contributed by atoms with Gasteiger partial charge in [0.05, 0.1) is 0 Å². The van der Waals surface area contributed by atoms with Gasteiger partial charge in [0.1, 0.15) is 5.78 Å². The van der Waals surface area contributed by atoms with Gasteiger partial charge in [0.25, 0.3) is 0 Å². The lowest BCUT2D eigenvalue weighted by Gasteiger charge is -2.25. The quantitative estimate of drug-likeness (QED) is 0.595. The van der Waals surface area contributed by atoms with Crippen LogP contribution < -0.4 is 0 Å². The topological polar surface area (TPSA) is 17.1 Å². The first-order chi connectivity index (χ1) is 6.78. The van der Waals surface area contributed by atoms with Crippen LogP contribution in [0, 0.1) is 5.41 Å². The lowest BCUT2D eigenvalue weighted by molar-refractivity contribution is -0.125. The van der Waals surface area contributed by atoms with Crippen LogP contribution >= 0.6 is 0 Å². The summed E-state index contributed by atoms with van der Waals surface area (Å²) in [5, 5.41) is 0. The van der Waals surface area contributed by atoms with Gasteiger partial charge >= 0.3 is 0 Å². The Bertz CT molecular complexity index is 269. The zero-order valence-corrected chi connectivity index (χ0v) is 10.8. The number of hydrogen-bond donors (Lipinski definition) is 0. The summed E-state index contributed by atoms with van der Waals surface area (Å²) in [6.45, 7) is 13.8. The first-order valence-corrected chi connectivity index (χ1v) is 5.57. The molecule has 0 aromatic heterocycles. The van der Waals surface area contributed by atoms with Crippen LogP contribution in [0.15, 0.2) is 23.8 Å². The molecule has 15 heavy (non-hydrogen) atoms. The normalized spacial score (nSPS) is 14.2. The van der Waals surface area contributed by atoms with Crippen molar-refractivity contribution in [2.24, 2.45) is 5.41 Å². The molecule has 0 aliphatic rings. The zero-order valence-electron chi connectivity index (χ0n) is 10.8. The molecule has 1 nitrogen and oxygen atoms in total. The van der Waals surface area contributed by atoms with Gasteiger partial charge in [0.2, 0.25) is 0 Å². The predicted octanol–water partition coefficient (Wildman–Crippen LogP) is 4.29. The maximum Gasteiger partial charge on any atom is 0.136 e. The Kier molecular flexibility index (Phi) is 5.56. The fourth-order valence-electron chi connectivity index (χ4n) is 1.34. The second-order valence-corrected chi connectivity index (χ2v) is 5.06. The van der Waals surface area contributed by atoms with Gasteiger partial charge in [-0.1, -0.05) is 24.1 Å². The van der Waals surface area contributed by atoms with Gasteiger partial charge in [0, 0.05) is 5.41 Å². The molecule has 1 atom stereocenters. The van der Waals surface area contributed by atoms with E-state index in [-0.39, 0.29) is 11.2 Å². The van der Waals surface area contributed by atoms with E-state index in [1.165, 1.54) is 5.57 Å². The predicted molar refractivity (Wildman–Crippen MR) is 66.9 cm³/mol. The van der Waals surface area contributed by atoms with E-state index in [1.807, 2.05) is 6.92 Å². The molecule has 86 valence electrons. The van der Waals surface area contributed by atoms with Gasteiger partial charge < -0.3 is 0 Å². The molecule has 0 spiro atoms. The number of carbonyl (C=O) groups excluding carboxylic acids is 1. The Balaban J connectivity index is 4.52. The van der Waals surface area contributed by atoms with Crippen molar-refractivity contribution in [1.29, 1.82) is 0 Å². The Labute approximate surface area is 94.3 Å². The monoisotopic (exact) mass is 208 g/mol.